The fourth-order valence-corrected chi connectivity index (χ4v) is 4.01. The summed E-state index contributed by atoms with van der Waals surface area (Å²) in [7, 11) is -2.98. The van der Waals surface area contributed by atoms with Crippen LogP contribution in [0.5, 0.6) is 0 Å². The Morgan fingerprint density at radius 3 is 2.96 bits per heavy atom. The molecule has 0 fully saturated rings. The van der Waals surface area contributed by atoms with Crippen LogP contribution in [0.25, 0.3) is 10.6 Å². The van der Waals surface area contributed by atoms with Gasteiger partial charge in [0.2, 0.25) is 5.91 Å². The van der Waals surface area contributed by atoms with Crippen molar-refractivity contribution < 1.29 is 13.4 Å². The first kappa shape index (κ1) is 19.0. The number of halogens is 1. The molecule has 25 heavy (non-hydrogen) atoms. The predicted molar refractivity (Wildman–Crippen MR) is 96.7 cm³/mol. The fourth-order valence-electron chi connectivity index (χ4n) is 1.95. The number of nitrogens with zero attached hydrogens (tertiary/aromatic N) is 3. The lowest BCUT2D eigenvalue weighted by Gasteiger charge is -2.09. The number of nitrogens with one attached hydrogen (secondary N) is 1. The minimum atomic E-state index is -2.98. The molecule has 0 aliphatic rings. The quantitative estimate of drug-likeness (QED) is 0.764. The normalized spacial score (nSPS) is 14.2. The summed E-state index contributed by atoms with van der Waals surface area (Å²) < 4.78 is 25.2. The molecule has 2 heterocycles. The molecule has 2 aromatic rings. The Morgan fingerprint density at radius 2 is 2.32 bits per heavy atom. The van der Waals surface area contributed by atoms with Gasteiger partial charge in [-0.1, -0.05) is 11.3 Å². The van der Waals surface area contributed by atoms with E-state index in [9.17, 15) is 13.4 Å². The SMILES string of the molecule is Cc1nc(-c2cncc(F)c2)sc1NC(=O)C(C)C=S(N)(=O)CC#N. The second-order valence-electron chi connectivity index (χ2n) is 5.32. The van der Waals surface area contributed by atoms with E-state index in [4.69, 9.17) is 10.4 Å². The fraction of sp³-hybridized carbons (Fsp3) is 0.267. The maximum atomic E-state index is 13.3. The molecule has 2 atom stereocenters. The molecule has 0 aliphatic heterocycles. The summed E-state index contributed by atoms with van der Waals surface area (Å²) in [6, 6.07) is 3.03. The van der Waals surface area contributed by atoms with E-state index in [-0.39, 0.29) is 5.75 Å². The summed E-state index contributed by atoms with van der Waals surface area (Å²) >= 11 is 1.18. The number of nitriles is 1. The minimum Gasteiger partial charge on any atom is -0.316 e. The van der Waals surface area contributed by atoms with Gasteiger partial charge in [-0.25, -0.2) is 9.37 Å². The molecule has 0 saturated heterocycles. The third-order valence-corrected chi connectivity index (χ3v) is 5.69. The number of hydrogen-bond donors (Lipinski definition) is 2. The summed E-state index contributed by atoms with van der Waals surface area (Å²) in [6.45, 7) is 3.24. The first-order chi connectivity index (χ1) is 11.7. The lowest BCUT2D eigenvalue weighted by atomic mass is 10.2. The van der Waals surface area contributed by atoms with Crippen LogP contribution < -0.4 is 10.5 Å². The van der Waals surface area contributed by atoms with Crippen LogP contribution >= 0.6 is 11.3 Å². The van der Waals surface area contributed by atoms with Gasteiger partial charge in [0, 0.05) is 21.5 Å². The van der Waals surface area contributed by atoms with Gasteiger partial charge in [-0.3, -0.25) is 19.1 Å². The van der Waals surface area contributed by atoms with Crippen LogP contribution in [0.3, 0.4) is 0 Å². The monoisotopic (exact) mass is 381 g/mol. The predicted octanol–water partition coefficient (Wildman–Crippen LogP) is 1.71. The molecule has 10 heteroatoms. The molecule has 3 N–H and O–H groups in total. The van der Waals surface area contributed by atoms with Crippen molar-refractivity contribution in [3.63, 3.8) is 0 Å². The zero-order chi connectivity index (χ0) is 18.6. The third kappa shape index (κ3) is 5.06. The van der Waals surface area contributed by atoms with Crippen LogP contribution in [-0.2, 0) is 14.5 Å². The molecular formula is C15H16FN5O2S2. The molecule has 1 amide bonds. The van der Waals surface area contributed by atoms with Gasteiger partial charge in [0.25, 0.3) is 0 Å². The summed E-state index contributed by atoms with van der Waals surface area (Å²) in [5.74, 6) is -2.01. The van der Waals surface area contributed by atoms with E-state index in [2.05, 4.69) is 15.3 Å². The van der Waals surface area contributed by atoms with Gasteiger partial charge < -0.3 is 5.32 Å². The number of anilines is 1. The first-order valence-corrected chi connectivity index (χ1v) is 9.79. The average Bonchev–Trinajstić information content (AvgIpc) is 2.87. The van der Waals surface area contributed by atoms with Crippen LogP contribution in [0.15, 0.2) is 18.5 Å². The lowest BCUT2D eigenvalue weighted by molar-refractivity contribution is -0.117. The Bertz CT molecular complexity index is 957. The number of carbonyl (C=O) groups is 1. The molecule has 0 radical (unpaired) electrons. The Labute approximate surface area is 148 Å². The Hall–Kier alpha value is -2.35. The van der Waals surface area contributed by atoms with Crippen molar-refractivity contribution in [1.29, 1.82) is 5.26 Å². The number of hydrogen-bond acceptors (Lipinski definition) is 6. The Morgan fingerprint density at radius 1 is 1.60 bits per heavy atom. The van der Waals surface area contributed by atoms with E-state index in [1.54, 1.807) is 13.0 Å². The van der Waals surface area contributed by atoms with E-state index in [0.29, 0.717) is 21.3 Å². The highest BCUT2D eigenvalue weighted by molar-refractivity contribution is 7.99. The largest absolute Gasteiger partial charge is 0.316 e. The maximum absolute atomic E-state index is 13.3. The van der Waals surface area contributed by atoms with Crippen molar-refractivity contribution in [1.82, 2.24) is 9.97 Å². The van der Waals surface area contributed by atoms with Gasteiger partial charge in [0.05, 0.1) is 23.9 Å². The molecule has 2 unspecified atom stereocenters. The number of aryl methyl sites for hydroxylation is 1. The number of amides is 1. The number of thiazole rings is 1. The molecule has 7 nitrogen and oxygen atoms in total. The van der Waals surface area contributed by atoms with E-state index in [1.165, 1.54) is 35.9 Å². The lowest BCUT2D eigenvalue weighted by Crippen LogP contribution is -2.28. The topological polar surface area (TPSA) is 122 Å². The van der Waals surface area contributed by atoms with Gasteiger partial charge in [0.1, 0.15) is 21.6 Å². The minimum absolute atomic E-state index is 0.346. The highest BCUT2D eigenvalue weighted by Crippen LogP contribution is 2.31. The van der Waals surface area contributed by atoms with E-state index < -0.39 is 27.4 Å². The molecule has 0 aliphatic carbocycles. The van der Waals surface area contributed by atoms with Crippen molar-refractivity contribution in [3.05, 3.63) is 30.0 Å². The Balaban J connectivity index is 2.20. The second kappa shape index (κ2) is 7.69. The first-order valence-electron chi connectivity index (χ1n) is 7.12. The Kier molecular flexibility index (Phi) is 5.84. The summed E-state index contributed by atoms with van der Waals surface area (Å²) in [4.78, 5) is 20.3. The zero-order valence-electron chi connectivity index (χ0n) is 13.5. The van der Waals surface area contributed by atoms with Crippen LogP contribution in [0.1, 0.15) is 12.6 Å². The van der Waals surface area contributed by atoms with E-state index in [1.807, 2.05) is 0 Å². The molecule has 0 saturated carbocycles. The standard InChI is InChI=1S/C15H16FN5O2S2/c1-9(8-25(18,23)4-3-17)13(22)21-14-10(2)20-15(24-14)11-5-12(16)7-19-6-11/h5-9H,4H2,1-2H3,(H2,18,23)(H,21,22). The van der Waals surface area contributed by atoms with Crippen LogP contribution in [0.4, 0.5) is 9.39 Å². The summed E-state index contributed by atoms with van der Waals surface area (Å²) in [6.07, 6.45) is 2.57. The molecule has 0 aromatic carbocycles. The maximum Gasteiger partial charge on any atom is 0.232 e. The highest BCUT2D eigenvalue weighted by atomic mass is 32.2. The van der Waals surface area contributed by atoms with E-state index >= 15 is 0 Å². The molecule has 2 rings (SSSR count). The molecule has 132 valence electrons. The number of rotatable bonds is 5. The number of pyridine rings is 1. The van der Waals surface area contributed by atoms with Gasteiger partial charge in [-0.2, -0.15) is 5.26 Å². The van der Waals surface area contributed by atoms with Crippen molar-refractivity contribution in [2.24, 2.45) is 11.1 Å². The van der Waals surface area contributed by atoms with Crippen molar-refractivity contribution in [2.75, 3.05) is 11.1 Å². The summed E-state index contributed by atoms with van der Waals surface area (Å²) in [5, 5.41) is 19.0. The van der Waals surface area contributed by atoms with Crippen LogP contribution in [-0.4, -0.2) is 31.2 Å². The van der Waals surface area contributed by atoms with Crippen LogP contribution in [0.2, 0.25) is 0 Å². The smallest absolute Gasteiger partial charge is 0.232 e. The molecule has 0 bridgehead atoms. The number of carbonyl (C=O) groups excluding carboxylic acids is 1. The second-order valence-corrected chi connectivity index (χ2v) is 8.44. The third-order valence-electron chi connectivity index (χ3n) is 3.12. The van der Waals surface area contributed by atoms with Gasteiger partial charge in [-0.05, 0) is 25.3 Å². The molecule has 0 spiro atoms. The van der Waals surface area contributed by atoms with Crippen molar-refractivity contribution in [3.8, 4) is 16.6 Å². The number of nitrogens with two attached hydrogens (primary N) is 1. The van der Waals surface area contributed by atoms with E-state index in [0.717, 1.165) is 6.20 Å². The van der Waals surface area contributed by atoms with Gasteiger partial charge >= 0.3 is 0 Å². The highest BCUT2D eigenvalue weighted by Gasteiger charge is 2.17. The molecular weight excluding hydrogens is 365 g/mol. The summed E-state index contributed by atoms with van der Waals surface area (Å²) in [5.41, 5.74) is 1.07. The van der Waals surface area contributed by atoms with Gasteiger partial charge in [0.15, 0.2) is 0 Å². The zero-order valence-corrected chi connectivity index (χ0v) is 15.2. The van der Waals surface area contributed by atoms with Crippen molar-refractivity contribution in [2.45, 2.75) is 13.8 Å². The molecule has 2 aromatic heterocycles. The van der Waals surface area contributed by atoms with Gasteiger partial charge in [-0.15, -0.1) is 0 Å². The van der Waals surface area contributed by atoms with Crippen molar-refractivity contribution >= 4 is 37.3 Å². The average molecular weight is 381 g/mol. The van der Waals surface area contributed by atoms with Crippen LogP contribution in [0, 0.1) is 30.0 Å². The number of aromatic nitrogens is 2.